The van der Waals surface area contributed by atoms with Crippen molar-refractivity contribution in [3.05, 3.63) is 28.4 Å². The summed E-state index contributed by atoms with van der Waals surface area (Å²) in [5, 5.41) is 17.9. The van der Waals surface area contributed by atoms with Crippen molar-refractivity contribution in [2.24, 2.45) is 0 Å². The van der Waals surface area contributed by atoms with Crippen LogP contribution in [0.2, 0.25) is 0 Å². The minimum Gasteiger partial charge on any atom is -0.395 e. The Hall–Kier alpha value is -1.70. The summed E-state index contributed by atoms with van der Waals surface area (Å²) in [5.41, 5.74) is 1.74. The first-order chi connectivity index (χ1) is 8.76. The third-order valence-electron chi connectivity index (χ3n) is 2.77. The van der Waals surface area contributed by atoms with Crippen LogP contribution in [-0.2, 0) is 6.54 Å². The molecule has 0 atom stereocenters. The monoisotopic (exact) mass is 252 g/mol. The van der Waals surface area contributed by atoms with Crippen LogP contribution < -0.4 is 5.56 Å². The molecule has 0 radical (unpaired) electrons. The van der Waals surface area contributed by atoms with Crippen molar-refractivity contribution < 1.29 is 10.2 Å². The molecule has 0 aliphatic heterocycles. The van der Waals surface area contributed by atoms with E-state index in [4.69, 9.17) is 10.2 Å². The summed E-state index contributed by atoms with van der Waals surface area (Å²) in [4.78, 5) is 22.9. The fourth-order valence-electron chi connectivity index (χ4n) is 1.92. The highest BCUT2D eigenvalue weighted by Gasteiger charge is 2.11. The van der Waals surface area contributed by atoms with E-state index >= 15 is 0 Å². The molecule has 0 aliphatic carbocycles. The number of fused-ring (bicyclic) bond motifs is 1. The van der Waals surface area contributed by atoms with Crippen molar-refractivity contribution in [3.63, 3.8) is 0 Å². The van der Waals surface area contributed by atoms with Crippen LogP contribution in [0.1, 0.15) is 5.56 Å². The van der Waals surface area contributed by atoms with E-state index in [1.807, 2.05) is 4.90 Å². The fraction of sp³-hybridized carbons (Fsp3) is 0.455. The lowest BCUT2D eigenvalue weighted by atomic mass is 10.2. The van der Waals surface area contributed by atoms with Crippen molar-refractivity contribution in [1.29, 1.82) is 0 Å². The van der Waals surface area contributed by atoms with Crippen LogP contribution in [-0.4, -0.2) is 56.4 Å². The molecule has 0 saturated heterocycles. The highest BCUT2D eigenvalue weighted by Crippen LogP contribution is 2.13. The molecule has 0 amide bonds. The number of nitrogens with one attached hydrogen (secondary N) is 2. The first-order valence-corrected chi connectivity index (χ1v) is 5.74. The molecule has 98 valence electrons. The highest BCUT2D eigenvalue weighted by molar-refractivity contribution is 5.77. The zero-order valence-electron chi connectivity index (χ0n) is 9.89. The molecule has 2 aromatic heterocycles. The fourth-order valence-corrected chi connectivity index (χ4v) is 1.92. The van der Waals surface area contributed by atoms with E-state index in [0.29, 0.717) is 30.7 Å². The Morgan fingerprint density at radius 1 is 1.22 bits per heavy atom. The van der Waals surface area contributed by atoms with Gasteiger partial charge in [0.1, 0.15) is 5.52 Å². The number of H-pyrrole nitrogens is 2. The molecule has 4 N–H and O–H groups in total. The lowest BCUT2D eigenvalue weighted by Crippen LogP contribution is -2.29. The third kappa shape index (κ3) is 2.58. The minimum absolute atomic E-state index is 0.0242. The molecule has 7 nitrogen and oxygen atoms in total. The number of hydrogen-bond donors (Lipinski definition) is 4. The Kier molecular flexibility index (Phi) is 4.08. The van der Waals surface area contributed by atoms with Crippen LogP contribution in [0.4, 0.5) is 0 Å². The van der Waals surface area contributed by atoms with Gasteiger partial charge in [0.2, 0.25) is 0 Å². The topological polar surface area (TPSA) is 105 Å². The summed E-state index contributed by atoms with van der Waals surface area (Å²) in [5.74, 6) is 0. The Labute approximate surface area is 103 Å². The summed E-state index contributed by atoms with van der Waals surface area (Å²) in [6.07, 6.45) is 3.10. The Morgan fingerprint density at radius 3 is 2.61 bits per heavy atom. The van der Waals surface area contributed by atoms with Crippen LogP contribution in [0.15, 0.2) is 17.3 Å². The van der Waals surface area contributed by atoms with Gasteiger partial charge in [-0.3, -0.25) is 9.69 Å². The summed E-state index contributed by atoms with van der Waals surface area (Å²) < 4.78 is 0. The molecule has 0 spiro atoms. The van der Waals surface area contributed by atoms with E-state index < -0.39 is 0 Å². The smallest absolute Gasteiger partial charge is 0.275 e. The van der Waals surface area contributed by atoms with E-state index in [1.54, 1.807) is 6.20 Å². The van der Waals surface area contributed by atoms with Gasteiger partial charge < -0.3 is 20.2 Å². The van der Waals surface area contributed by atoms with Crippen molar-refractivity contribution in [2.45, 2.75) is 6.54 Å². The van der Waals surface area contributed by atoms with Crippen molar-refractivity contribution in [1.82, 2.24) is 19.9 Å². The highest BCUT2D eigenvalue weighted by atomic mass is 16.3. The number of nitrogens with zero attached hydrogens (tertiary/aromatic N) is 2. The van der Waals surface area contributed by atoms with Gasteiger partial charge in [0.25, 0.3) is 5.56 Å². The standard InChI is InChI=1S/C11H16N4O3/c16-3-1-15(2-4-17)6-8-5-12-10-9(8)13-7-14-11(10)18/h5,7,12,16-17H,1-4,6H2,(H,13,14,18). The molecule has 2 aromatic rings. The second kappa shape index (κ2) is 5.76. The Morgan fingerprint density at radius 2 is 1.94 bits per heavy atom. The van der Waals surface area contributed by atoms with Crippen molar-refractivity contribution >= 4 is 11.0 Å². The average Bonchev–Trinajstić information content (AvgIpc) is 2.75. The molecule has 2 heterocycles. The minimum atomic E-state index is -0.206. The number of aromatic amines is 2. The average molecular weight is 252 g/mol. The molecule has 0 aromatic carbocycles. The normalized spacial score (nSPS) is 11.5. The predicted molar refractivity (Wildman–Crippen MR) is 66.2 cm³/mol. The van der Waals surface area contributed by atoms with Gasteiger partial charge in [0.05, 0.1) is 25.1 Å². The maximum Gasteiger partial charge on any atom is 0.275 e. The predicted octanol–water partition coefficient (Wildman–Crippen LogP) is -0.962. The van der Waals surface area contributed by atoms with Gasteiger partial charge in [-0.15, -0.1) is 0 Å². The lowest BCUT2D eigenvalue weighted by molar-refractivity contribution is 0.156. The molecular formula is C11H16N4O3. The maximum atomic E-state index is 11.5. The second-order valence-corrected chi connectivity index (χ2v) is 3.99. The Balaban J connectivity index is 2.25. The molecule has 2 rings (SSSR count). The van der Waals surface area contributed by atoms with Crippen LogP contribution in [0.5, 0.6) is 0 Å². The summed E-state index contributed by atoms with van der Waals surface area (Å²) >= 11 is 0. The largest absolute Gasteiger partial charge is 0.395 e. The molecule has 0 saturated carbocycles. The number of aromatic nitrogens is 3. The molecule has 7 heteroatoms. The third-order valence-corrected chi connectivity index (χ3v) is 2.77. The maximum absolute atomic E-state index is 11.5. The Bertz CT molecular complexity index is 557. The van der Waals surface area contributed by atoms with E-state index in [2.05, 4.69) is 15.0 Å². The van der Waals surface area contributed by atoms with Gasteiger partial charge in [0, 0.05) is 31.4 Å². The summed E-state index contributed by atoms with van der Waals surface area (Å²) in [7, 11) is 0. The van der Waals surface area contributed by atoms with Gasteiger partial charge >= 0.3 is 0 Å². The van der Waals surface area contributed by atoms with Gasteiger partial charge in [-0.05, 0) is 0 Å². The number of aliphatic hydroxyl groups excluding tert-OH is 2. The van der Waals surface area contributed by atoms with Crippen molar-refractivity contribution in [3.8, 4) is 0 Å². The zero-order valence-corrected chi connectivity index (χ0v) is 9.89. The first kappa shape index (κ1) is 12.7. The van der Waals surface area contributed by atoms with E-state index in [1.165, 1.54) is 6.33 Å². The SMILES string of the molecule is O=c1[nH]cnc2c(CN(CCO)CCO)c[nH]c12. The summed E-state index contributed by atoms with van der Waals surface area (Å²) in [6.45, 7) is 1.51. The van der Waals surface area contributed by atoms with Crippen LogP contribution in [0.3, 0.4) is 0 Å². The molecule has 0 unspecified atom stereocenters. The van der Waals surface area contributed by atoms with Gasteiger partial charge in [0.15, 0.2) is 0 Å². The van der Waals surface area contributed by atoms with Gasteiger partial charge in [-0.25, -0.2) is 4.98 Å². The molecule has 0 aliphatic rings. The second-order valence-electron chi connectivity index (χ2n) is 3.99. The molecular weight excluding hydrogens is 236 g/mol. The number of rotatable bonds is 6. The van der Waals surface area contributed by atoms with Crippen LogP contribution >= 0.6 is 0 Å². The first-order valence-electron chi connectivity index (χ1n) is 5.74. The van der Waals surface area contributed by atoms with Crippen LogP contribution in [0.25, 0.3) is 11.0 Å². The summed E-state index contributed by atoms with van der Waals surface area (Å²) in [6, 6.07) is 0. The van der Waals surface area contributed by atoms with E-state index in [-0.39, 0.29) is 18.8 Å². The molecule has 18 heavy (non-hydrogen) atoms. The van der Waals surface area contributed by atoms with Crippen molar-refractivity contribution in [2.75, 3.05) is 26.3 Å². The number of aliphatic hydroxyl groups is 2. The number of hydrogen-bond acceptors (Lipinski definition) is 5. The molecule has 0 fully saturated rings. The van der Waals surface area contributed by atoms with E-state index in [0.717, 1.165) is 5.56 Å². The van der Waals surface area contributed by atoms with Gasteiger partial charge in [-0.1, -0.05) is 0 Å². The van der Waals surface area contributed by atoms with Gasteiger partial charge in [-0.2, -0.15) is 0 Å². The molecule has 0 bridgehead atoms. The quantitative estimate of drug-likeness (QED) is 0.530. The van der Waals surface area contributed by atoms with Crippen LogP contribution in [0, 0.1) is 0 Å². The van der Waals surface area contributed by atoms with E-state index in [9.17, 15) is 4.79 Å². The zero-order chi connectivity index (χ0) is 13.0. The lowest BCUT2D eigenvalue weighted by Gasteiger charge is -2.19.